The largest absolute Gasteiger partial charge is 0.351 e. The summed E-state index contributed by atoms with van der Waals surface area (Å²) in [6.45, 7) is 9.16. The number of benzene rings is 3. The third-order valence-corrected chi connectivity index (χ3v) is 9.60. The number of halogens is 2. The monoisotopic (exact) mass is 619 g/mol. The summed E-state index contributed by atoms with van der Waals surface area (Å²) >= 11 is 7.60. The third kappa shape index (κ3) is 7.05. The lowest BCUT2D eigenvalue weighted by molar-refractivity contribution is 0.0948. The van der Waals surface area contributed by atoms with Gasteiger partial charge in [0.05, 0.1) is 15.1 Å². The lowest BCUT2D eigenvalue weighted by atomic mass is 10.1. The number of aryl methyl sites for hydroxylation is 2. The molecule has 12 heteroatoms. The van der Waals surface area contributed by atoms with Crippen LogP contribution in [-0.2, 0) is 10.0 Å². The molecule has 1 aliphatic heterocycles. The zero-order valence-corrected chi connectivity index (χ0v) is 25.4. The molecule has 2 heterocycles. The molecule has 8 nitrogen and oxygen atoms in total. The van der Waals surface area contributed by atoms with Crippen molar-refractivity contribution in [3.05, 3.63) is 82.4 Å². The van der Waals surface area contributed by atoms with E-state index in [1.807, 2.05) is 0 Å². The van der Waals surface area contributed by atoms with Crippen LogP contribution in [0.25, 0.3) is 10.2 Å². The zero-order chi connectivity index (χ0) is 27.6. The van der Waals surface area contributed by atoms with Crippen LogP contribution >= 0.6 is 35.3 Å². The zero-order valence-electron chi connectivity index (χ0n) is 22.2. The first-order valence-corrected chi connectivity index (χ1v) is 15.4. The third-order valence-electron chi connectivity index (χ3n) is 6.69. The van der Waals surface area contributed by atoms with Gasteiger partial charge in [-0.3, -0.25) is 14.4 Å². The molecule has 4 aromatic rings. The molecule has 1 amide bonds. The number of carbonyl (C=O) groups is 1. The summed E-state index contributed by atoms with van der Waals surface area (Å²) in [7, 11) is -3.74. The van der Waals surface area contributed by atoms with Gasteiger partial charge >= 0.3 is 0 Å². The van der Waals surface area contributed by atoms with Crippen LogP contribution in [0.3, 0.4) is 0 Å². The lowest BCUT2D eigenvalue weighted by Crippen LogP contribution is -2.48. The number of rotatable bonds is 8. The van der Waals surface area contributed by atoms with Crippen molar-refractivity contribution in [3.63, 3.8) is 0 Å². The number of amides is 1. The minimum atomic E-state index is -3.74. The Hall–Kier alpha value is -2.89. The van der Waals surface area contributed by atoms with Gasteiger partial charge in [-0.25, -0.2) is 13.4 Å². The number of nitrogens with one attached hydrogen (secondary N) is 2. The van der Waals surface area contributed by atoms with Gasteiger partial charge in [-0.2, -0.15) is 0 Å². The van der Waals surface area contributed by atoms with E-state index >= 15 is 0 Å². The van der Waals surface area contributed by atoms with Crippen molar-refractivity contribution in [1.29, 1.82) is 0 Å². The predicted molar refractivity (Wildman–Crippen MR) is 166 cm³/mol. The highest BCUT2D eigenvalue weighted by atomic mass is 35.5. The molecule has 1 aromatic heterocycles. The Bertz CT molecular complexity index is 1580. The van der Waals surface area contributed by atoms with Gasteiger partial charge in [0.25, 0.3) is 15.9 Å². The van der Waals surface area contributed by atoms with Crippen LogP contribution < -0.4 is 14.9 Å². The topological polar surface area (TPSA) is 94.6 Å². The second-order valence-electron chi connectivity index (χ2n) is 9.65. The average molecular weight is 621 g/mol. The second-order valence-corrected chi connectivity index (χ2v) is 12.7. The molecule has 40 heavy (non-hydrogen) atoms. The maximum atomic E-state index is 12.6. The highest BCUT2D eigenvalue weighted by molar-refractivity contribution is 7.92. The van der Waals surface area contributed by atoms with Crippen LogP contribution in [-0.4, -0.2) is 63.5 Å². The first-order chi connectivity index (χ1) is 18.7. The number of piperazine rings is 1. The molecule has 0 bridgehead atoms. The van der Waals surface area contributed by atoms with Gasteiger partial charge in [0.2, 0.25) is 0 Å². The fraction of sp³-hybridized carbons (Fsp3) is 0.286. The molecule has 0 unspecified atom stereocenters. The van der Waals surface area contributed by atoms with Crippen molar-refractivity contribution in [1.82, 2.24) is 15.2 Å². The molecule has 1 aliphatic rings. The van der Waals surface area contributed by atoms with E-state index in [4.69, 9.17) is 16.6 Å². The SMILES string of the molecule is Cc1cc(C)c2sc(N3CCN(CCNC(=O)c4ccc(NS(=O)(=O)c5ccc(Cl)cc5)cc4)CC3)nc2c1.Cl. The Morgan fingerprint density at radius 3 is 2.35 bits per heavy atom. The molecule has 0 radical (unpaired) electrons. The Labute approximate surface area is 249 Å². The minimum absolute atomic E-state index is 0. The van der Waals surface area contributed by atoms with Gasteiger partial charge in [0.15, 0.2) is 5.13 Å². The average Bonchev–Trinajstić information content (AvgIpc) is 3.34. The summed E-state index contributed by atoms with van der Waals surface area (Å²) in [5, 5.41) is 4.50. The fourth-order valence-corrected chi connectivity index (χ4v) is 6.86. The van der Waals surface area contributed by atoms with Crippen LogP contribution in [0.1, 0.15) is 21.5 Å². The standard InChI is InChI=1S/C28H30ClN5O3S2.ClH/c1-19-17-20(2)26-25(18-19)31-28(38-26)34-15-13-33(14-16-34)12-11-30-27(35)21-3-7-23(8-4-21)32-39(36,37)24-9-5-22(29)6-10-24;/h3-10,17-18,32H,11-16H2,1-2H3,(H,30,35);1H. The van der Waals surface area contributed by atoms with Crippen molar-refractivity contribution in [2.75, 3.05) is 48.9 Å². The van der Waals surface area contributed by atoms with E-state index in [-0.39, 0.29) is 23.2 Å². The maximum Gasteiger partial charge on any atom is 0.261 e. The summed E-state index contributed by atoms with van der Waals surface area (Å²) in [5.41, 5.74) is 4.42. The van der Waals surface area contributed by atoms with Crippen molar-refractivity contribution in [2.24, 2.45) is 0 Å². The van der Waals surface area contributed by atoms with Crippen LogP contribution in [0.5, 0.6) is 0 Å². The molecule has 1 saturated heterocycles. The number of aromatic nitrogens is 1. The van der Waals surface area contributed by atoms with E-state index in [1.165, 1.54) is 40.1 Å². The highest BCUT2D eigenvalue weighted by Crippen LogP contribution is 2.32. The Morgan fingerprint density at radius 1 is 1.00 bits per heavy atom. The van der Waals surface area contributed by atoms with E-state index in [2.05, 4.69) is 45.8 Å². The Balaban J connectivity index is 0.00000370. The summed E-state index contributed by atoms with van der Waals surface area (Å²) in [6.07, 6.45) is 0. The van der Waals surface area contributed by atoms with Crippen LogP contribution in [0.15, 0.2) is 65.6 Å². The molecular weight excluding hydrogens is 589 g/mol. The number of hydrogen-bond donors (Lipinski definition) is 2. The predicted octanol–water partition coefficient (Wildman–Crippen LogP) is 5.34. The first-order valence-electron chi connectivity index (χ1n) is 12.7. The summed E-state index contributed by atoms with van der Waals surface area (Å²) < 4.78 is 28.9. The fourth-order valence-electron chi connectivity index (χ4n) is 4.61. The smallest absolute Gasteiger partial charge is 0.261 e. The lowest BCUT2D eigenvalue weighted by Gasteiger charge is -2.34. The van der Waals surface area contributed by atoms with Crippen molar-refractivity contribution < 1.29 is 13.2 Å². The molecule has 0 spiro atoms. The number of nitrogens with zero attached hydrogens (tertiary/aromatic N) is 3. The number of carbonyl (C=O) groups excluding carboxylic acids is 1. The molecule has 5 rings (SSSR count). The normalized spacial score (nSPS) is 14.1. The molecule has 1 fully saturated rings. The molecule has 2 N–H and O–H groups in total. The van der Waals surface area contributed by atoms with Crippen LogP contribution in [0.2, 0.25) is 5.02 Å². The van der Waals surface area contributed by atoms with E-state index < -0.39 is 10.0 Å². The molecule has 212 valence electrons. The van der Waals surface area contributed by atoms with Gasteiger partial charge in [0, 0.05) is 55.5 Å². The molecule has 0 atom stereocenters. The number of sulfonamides is 1. The molecule has 0 aliphatic carbocycles. The Kier molecular flexibility index (Phi) is 9.58. The van der Waals surface area contributed by atoms with E-state index in [9.17, 15) is 13.2 Å². The minimum Gasteiger partial charge on any atom is -0.351 e. The summed E-state index contributed by atoms with van der Waals surface area (Å²) in [5.74, 6) is -0.194. The van der Waals surface area contributed by atoms with Crippen LogP contribution in [0, 0.1) is 13.8 Å². The Morgan fingerprint density at radius 2 is 1.68 bits per heavy atom. The second kappa shape index (κ2) is 12.7. The molecular formula is C28H31Cl2N5O3S2. The molecule has 0 saturated carbocycles. The van der Waals surface area contributed by atoms with Crippen LogP contribution in [0.4, 0.5) is 10.8 Å². The number of fused-ring (bicyclic) bond motifs is 1. The summed E-state index contributed by atoms with van der Waals surface area (Å²) in [6, 6.07) is 16.6. The van der Waals surface area contributed by atoms with Crippen molar-refractivity contribution in [2.45, 2.75) is 18.7 Å². The van der Waals surface area contributed by atoms with Gasteiger partial charge in [-0.15, -0.1) is 12.4 Å². The molecule has 3 aromatic carbocycles. The van der Waals surface area contributed by atoms with E-state index in [1.54, 1.807) is 35.6 Å². The van der Waals surface area contributed by atoms with Gasteiger partial charge in [-0.1, -0.05) is 29.0 Å². The number of anilines is 2. The number of hydrogen-bond acceptors (Lipinski definition) is 7. The number of thiazole rings is 1. The van der Waals surface area contributed by atoms with Gasteiger partial charge in [0.1, 0.15) is 0 Å². The maximum absolute atomic E-state index is 12.6. The van der Waals surface area contributed by atoms with E-state index in [0.717, 1.165) is 43.4 Å². The van der Waals surface area contributed by atoms with Crippen molar-refractivity contribution >= 4 is 72.3 Å². The van der Waals surface area contributed by atoms with E-state index in [0.29, 0.717) is 22.8 Å². The van der Waals surface area contributed by atoms with Gasteiger partial charge < -0.3 is 10.2 Å². The summed E-state index contributed by atoms with van der Waals surface area (Å²) in [4.78, 5) is 22.3. The first kappa shape index (κ1) is 30.1. The van der Waals surface area contributed by atoms with Gasteiger partial charge in [-0.05, 0) is 79.6 Å². The highest BCUT2D eigenvalue weighted by Gasteiger charge is 2.20. The van der Waals surface area contributed by atoms with Crippen molar-refractivity contribution in [3.8, 4) is 0 Å². The quantitative estimate of drug-likeness (QED) is 0.276.